The van der Waals surface area contributed by atoms with Gasteiger partial charge in [0.2, 0.25) is 0 Å². The van der Waals surface area contributed by atoms with Crippen molar-refractivity contribution in [3.05, 3.63) is 59.2 Å². The van der Waals surface area contributed by atoms with Crippen LogP contribution in [0.1, 0.15) is 22.5 Å². The second kappa shape index (κ2) is 4.54. The molecule has 0 aliphatic rings. The van der Waals surface area contributed by atoms with Crippen molar-refractivity contribution in [2.45, 2.75) is 13.3 Å². The zero-order chi connectivity index (χ0) is 11.4. The van der Waals surface area contributed by atoms with E-state index in [1.54, 1.807) is 12.4 Å². The number of nitrogens with zero attached hydrogens (tertiary/aromatic N) is 3. The molecule has 1 aromatic carbocycles. The molecule has 0 saturated heterocycles. The lowest BCUT2D eigenvalue weighted by atomic mass is 10.0. The Morgan fingerprint density at radius 1 is 1.19 bits per heavy atom. The van der Waals surface area contributed by atoms with E-state index in [1.807, 2.05) is 31.2 Å². The molecule has 0 fully saturated rings. The average Bonchev–Trinajstić information content (AvgIpc) is 2.33. The summed E-state index contributed by atoms with van der Waals surface area (Å²) in [5.41, 5.74) is 3.47. The normalized spacial score (nSPS) is 9.75. The summed E-state index contributed by atoms with van der Waals surface area (Å²) in [6, 6.07) is 9.73. The van der Waals surface area contributed by atoms with Crippen molar-refractivity contribution in [1.29, 1.82) is 5.26 Å². The molecule has 0 unspecified atom stereocenters. The van der Waals surface area contributed by atoms with Gasteiger partial charge in [-0.25, -0.2) is 0 Å². The molecule has 0 aliphatic heterocycles. The summed E-state index contributed by atoms with van der Waals surface area (Å²) in [6.07, 6.45) is 4.14. The van der Waals surface area contributed by atoms with Crippen LogP contribution in [0.15, 0.2) is 36.7 Å². The van der Waals surface area contributed by atoms with E-state index in [4.69, 9.17) is 5.26 Å². The molecule has 0 N–H and O–H groups in total. The Balaban J connectivity index is 2.27. The maximum absolute atomic E-state index is 8.95. The largest absolute Gasteiger partial charge is 0.258 e. The predicted octanol–water partition coefficient (Wildman–Crippen LogP) is 2.25. The van der Waals surface area contributed by atoms with Crippen molar-refractivity contribution >= 4 is 0 Å². The minimum Gasteiger partial charge on any atom is -0.258 e. The Kier molecular flexibility index (Phi) is 2.93. The highest BCUT2D eigenvalue weighted by Gasteiger charge is 2.03. The van der Waals surface area contributed by atoms with Gasteiger partial charge in [-0.1, -0.05) is 18.2 Å². The van der Waals surface area contributed by atoms with Crippen molar-refractivity contribution in [2.75, 3.05) is 0 Å². The van der Waals surface area contributed by atoms with Crippen molar-refractivity contribution in [1.82, 2.24) is 9.97 Å². The van der Waals surface area contributed by atoms with Crippen molar-refractivity contribution in [3.8, 4) is 6.07 Å². The Bertz CT molecular complexity index is 524. The van der Waals surface area contributed by atoms with E-state index < -0.39 is 0 Å². The first-order valence-electron chi connectivity index (χ1n) is 5.05. The average molecular weight is 209 g/mol. The van der Waals surface area contributed by atoms with Crippen molar-refractivity contribution in [3.63, 3.8) is 0 Å². The van der Waals surface area contributed by atoms with Gasteiger partial charge in [0.1, 0.15) is 0 Å². The third kappa shape index (κ3) is 2.23. The summed E-state index contributed by atoms with van der Waals surface area (Å²) in [5.74, 6) is 0. The van der Waals surface area contributed by atoms with E-state index in [2.05, 4.69) is 16.0 Å². The lowest BCUT2D eigenvalue weighted by molar-refractivity contribution is 0.999. The molecule has 0 radical (unpaired) electrons. The van der Waals surface area contributed by atoms with Crippen LogP contribution in [-0.4, -0.2) is 9.97 Å². The van der Waals surface area contributed by atoms with Crippen LogP contribution in [0.4, 0.5) is 0 Å². The smallest absolute Gasteiger partial charge is 0.0994 e. The fourth-order valence-corrected chi connectivity index (χ4v) is 1.49. The maximum Gasteiger partial charge on any atom is 0.0994 e. The van der Waals surface area contributed by atoms with E-state index >= 15 is 0 Å². The minimum atomic E-state index is 0.650. The van der Waals surface area contributed by atoms with Crippen LogP contribution >= 0.6 is 0 Å². The molecule has 3 nitrogen and oxygen atoms in total. The summed E-state index contributed by atoms with van der Waals surface area (Å²) < 4.78 is 0. The van der Waals surface area contributed by atoms with Gasteiger partial charge in [0.25, 0.3) is 0 Å². The van der Waals surface area contributed by atoms with E-state index in [1.165, 1.54) is 0 Å². The van der Waals surface area contributed by atoms with Crippen molar-refractivity contribution in [2.24, 2.45) is 0 Å². The molecule has 0 saturated carbocycles. The Labute approximate surface area is 94.4 Å². The summed E-state index contributed by atoms with van der Waals surface area (Å²) in [6.45, 7) is 1.90. The number of hydrogen-bond donors (Lipinski definition) is 0. The van der Waals surface area contributed by atoms with Gasteiger partial charge in [-0.2, -0.15) is 5.26 Å². The van der Waals surface area contributed by atoms with Gasteiger partial charge in [-0.3, -0.25) is 9.97 Å². The summed E-state index contributed by atoms with van der Waals surface area (Å²) in [5, 5.41) is 8.95. The first kappa shape index (κ1) is 10.3. The number of rotatable bonds is 2. The second-order valence-electron chi connectivity index (χ2n) is 3.59. The number of aromatic nitrogens is 2. The molecule has 0 amide bonds. The van der Waals surface area contributed by atoms with Crippen LogP contribution in [-0.2, 0) is 6.42 Å². The standard InChI is InChI=1S/C13H11N3/c1-10-8-16-13(9-15-10)6-11-4-2-3-5-12(11)7-14/h2-5,8-9H,6H2,1H3. The van der Waals surface area contributed by atoms with Crippen LogP contribution < -0.4 is 0 Å². The molecule has 3 heteroatoms. The molecular weight excluding hydrogens is 198 g/mol. The predicted molar refractivity (Wildman–Crippen MR) is 60.7 cm³/mol. The Hall–Kier alpha value is -2.21. The highest BCUT2D eigenvalue weighted by Crippen LogP contribution is 2.11. The van der Waals surface area contributed by atoms with Gasteiger partial charge in [-0.15, -0.1) is 0 Å². The zero-order valence-electron chi connectivity index (χ0n) is 9.01. The van der Waals surface area contributed by atoms with Gasteiger partial charge >= 0.3 is 0 Å². The number of aryl methyl sites for hydroxylation is 1. The van der Waals surface area contributed by atoms with Crippen LogP contribution in [0.2, 0.25) is 0 Å². The first-order valence-corrected chi connectivity index (χ1v) is 5.05. The van der Waals surface area contributed by atoms with Crippen LogP contribution in [0.5, 0.6) is 0 Å². The van der Waals surface area contributed by atoms with Gasteiger partial charge in [0, 0.05) is 18.8 Å². The summed E-state index contributed by atoms with van der Waals surface area (Å²) >= 11 is 0. The lowest BCUT2D eigenvalue weighted by Crippen LogP contribution is -1.96. The third-order valence-corrected chi connectivity index (χ3v) is 2.34. The monoisotopic (exact) mass is 209 g/mol. The summed E-state index contributed by atoms with van der Waals surface area (Å²) in [7, 11) is 0. The number of benzene rings is 1. The Morgan fingerprint density at radius 2 is 2.00 bits per heavy atom. The van der Waals surface area contributed by atoms with Gasteiger partial charge < -0.3 is 0 Å². The van der Waals surface area contributed by atoms with E-state index in [9.17, 15) is 0 Å². The first-order chi connectivity index (χ1) is 7.79. The SMILES string of the molecule is Cc1cnc(Cc2ccccc2C#N)cn1. The topological polar surface area (TPSA) is 49.6 Å². The van der Waals surface area contributed by atoms with Crippen LogP contribution in [0.3, 0.4) is 0 Å². The molecule has 78 valence electrons. The molecule has 0 atom stereocenters. The summed E-state index contributed by atoms with van der Waals surface area (Å²) in [4.78, 5) is 8.46. The van der Waals surface area contributed by atoms with Crippen molar-refractivity contribution < 1.29 is 0 Å². The zero-order valence-corrected chi connectivity index (χ0v) is 9.01. The molecule has 2 rings (SSSR count). The minimum absolute atomic E-state index is 0.650. The molecule has 16 heavy (non-hydrogen) atoms. The van der Waals surface area contributed by atoms with Gasteiger partial charge in [0.05, 0.1) is 23.0 Å². The molecule has 0 aliphatic carbocycles. The van der Waals surface area contributed by atoms with Gasteiger partial charge in [-0.05, 0) is 18.6 Å². The number of hydrogen-bond acceptors (Lipinski definition) is 3. The van der Waals surface area contributed by atoms with E-state index in [0.717, 1.165) is 17.0 Å². The molecule has 0 spiro atoms. The van der Waals surface area contributed by atoms with Gasteiger partial charge in [0.15, 0.2) is 0 Å². The molecular formula is C13H11N3. The lowest BCUT2D eigenvalue weighted by Gasteiger charge is -2.02. The Morgan fingerprint density at radius 3 is 2.69 bits per heavy atom. The van der Waals surface area contributed by atoms with E-state index in [-0.39, 0.29) is 0 Å². The fraction of sp³-hybridized carbons (Fsp3) is 0.154. The maximum atomic E-state index is 8.95. The second-order valence-corrected chi connectivity index (χ2v) is 3.59. The fourth-order valence-electron chi connectivity index (χ4n) is 1.49. The highest BCUT2D eigenvalue weighted by molar-refractivity contribution is 5.39. The van der Waals surface area contributed by atoms with Crippen LogP contribution in [0.25, 0.3) is 0 Å². The third-order valence-electron chi connectivity index (χ3n) is 2.34. The highest BCUT2D eigenvalue weighted by atomic mass is 14.8. The van der Waals surface area contributed by atoms with Crippen LogP contribution in [0, 0.1) is 18.3 Å². The molecule has 0 bridgehead atoms. The molecule has 1 aromatic heterocycles. The van der Waals surface area contributed by atoms with E-state index in [0.29, 0.717) is 12.0 Å². The quantitative estimate of drug-likeness (QED) is 0.762. The number of nitriles is 1. The molecule has 1 heterocycles. The molecule has 2 aromatic rings.